The topological polar surface area (TPSA) is 46.6 Å². The molecular formula is C14H17F2NO3. The molecule has 110 valence electrons. The van der Waals surface area contributed by atoms with Crippen molar-refractivity contribution in [3.05, 3.63) is 29.8 Å². The van der Waals surface area contributed by atoms with Crippen LogP contribution in [0.15, 0.2) is 24.3 Å². The van der Waals surface area contributed by atoms with Crippen LogP contribution in [0.3, 0.4) is 0 Å². The third kappa shape index (κ3) is 4.01. The molecule has 0 aliphatic rings. The van der Waals surface area contributed by atoms with E-state index in [9.17, 15) is 18.4 Å². The largest absolute Gasteiger partial charge is 0.465 e. The van der Waals surface area contributed by atoms with E-state index in [2.05, 4.69) is 4.74 Å². The van der Waals surface area contributed by atoms with E-state index < -0.39 is 30.5 Å². The lowest BCUT2D eigenvalue weighted by atomic mass is 10.0. The maximum Gasteiger partial charge on any atom is 0.376 e. The number of ether oxygens (including phenoxy) is 1. The Kier molecular flexibility index (Phi) is 5.19. The van der Waals surface area contributed by atoms with Crippen LogP contribution < -0.4 is 4.90 Å². The van der Waals surface area contributed by atoms with E-state index in [1.807, 2.05) is 19.0 Å². The number of anilines is 1. The van der Waals surface area contributed by atoms with Crippen molar-refractivity contribution in [1.82, 2.24) is 0 Å². The smallest absolute Gasteiger partial charge is 0.376 e. The average Bonchev–Trinajstić information content (AvgIpc) is 2.43. The van der Waals surface area contributed by atoms with Gasteiger partial charge in [-0.15, -0.1) is 0 Å². The summed E-state index contributed by atoms with van der Waals surface area (Å²) in [5.41, 5.74) is 1.25. The normalized spacial score (nSPS) is 11.1. The third-order valence-corrected chi connectivity index (χ3v) is 2.86. The molecule has 0 spiro atoms. The Morgan fingerprint density at radius 1 is 1.20 bits per heavy atom. The van der Waals surface area contributed by atoms with Crippen LogP contribution in [0.5, 0.6) is 0 Å². The molecular weight excluding hydrogens is 268 g/mol. The zero-order valence-corrected chi connectivity index (χ0v) is 11.7. The standard InChI is InChI=1S/C14H17F2NO3/c1-17(2)11-6-4-10(5-7-11)12(18)8-9-14(15,16)13(19)20-3/h4-7H,8-9H2,1-3H3. The van der Waals surface area contributed by atoms with E-state index in [1.54, 1.807) is 24.3 Å². The Labute approximate surface area is 116 Å². The summed E-state index contributed by atoms with van der Waals surface area (Å²) < 4.78 is 30.4. The van der Waals surface area contributed by atoms with Gasteiger partial charge in [0, 0.05) is 38.2 Å². The van der Waals surface area contributed by atoms with Gasteiger partial charge in [0.25, 0.3) is 0 Å². The number of carbonyl (C=O) groups is 2. The minimum absolute atomic E-state index is 0.344. The van der Waals surface area contributed by atoms with Gasteiger partial charge < -0.3 is 9.64 Å². The number of esters is 1. The maximum absolute atomic E-state index is 13.2. The molecule has 1 aromatic rings. The number of ketones is 1. The van der Waals surface area contributed by atoms with Gasteiger partial charge in [-0.1, -0.05) is 0 Å². The number of halogens is 2. The minimum Gasteiger partial charge on any atom is -0.465 e. The number of rotatable bonds is 6. The van der Waals surface area contributed by atoms with Crippen molar-refractivity contribution in [2.45, 2.75) is 18.8 Å². The van der Waals surface area contributed by atoms with E-state index in [1.165, 1.54) is 0 Å². The van der Waals surface area contributed by atoms with Crippen molar-refractivity contribution in [3.8, 4) is 0 Å². The van der Waals surface area contributed by atoms with Gasteiger partial charge >= 0.3 is 11.9 Å². The van der Waals surface area contributed by atoms with Crippen molar-refractivity contribution in [3.63, 3.8) is 0 Å². The van der Waals surface area contributed by atoms with E-state index >= 15 is 0 Å². The number of carbonyl (C=O) groups excluding carboxylic acids is 2. The Morgan fingerprint density at radius 3 is 2.20 bits per heavy atom. The number of benzene rings is 1. The van der Waals surface area contributed by atoms with Crippen molar-refractivity contribution in [2.24, 2.45) is 0 Å². The predicted octanol–water partition coefficient (Wildman–Crippen LogP) is 2.52. The van der Waals surface area contributed by atoms with Crippen LogP contribution in [0.2, 0.25) is 0 Å². The van der Waals surface area contributed by atoms with Crippen molar-refractivity contribution < 1.29 is 23.1 Å². The molecule has 0 saturated heterocycles. The summed E-state index contributed by atoms with van der Waals surface area (Å²) in [7, 11) is 4.60. The fourth-order valence-electron chi connectivity index (χ4n) is 1.61. The van der Waals surface area contributed by atoms with Crippen LogP contribution in [-0.4, -0.2) is 38.9 Å². The van der Waals surface area contributed by atoms with Gasteiger partial charge in [-0.25, -0.2) is 4.79 Å². The molecule has 0 heterocycles. The minimum atomic E-state index is -3.63. The molecule has 4 nitrogen and oxygen atoms in total. The zero-order chi connectivity index (χ0) is 15.3. The van der Waals surface area contributed by atoms with Crippen molar-refractivity contribution >= 4 is 17.4 Å². The van der Waals surface area contributed by atoms with E-state index in [-0.39, 0.29) is 0 Å². The first kappa shape index (κ1) is 16.1. The Hall–Kier alpha value is -1.98. The predicted molar refractivity (Wildman–Crippen MR) is 71.3 cm³/mol. The second kappa shape index (κ2) is 6.45. The van der Waals surface area contributed by atoms with Crippen LogP contribution in [0.1, 0.15) is 23.2 Å². The number of hydrogen-bond donors (Lipinski definition) is 0. The lowest BCUT2D eigenvalue weighted by Gasteiger charge is -2.14. The maximum atomic E-state index is 13.2. The van der Waals surface area contributed by atoms with Crippen molar-refractivity contribution in [2.75, 3.05) is 26.1 Å². The highest BCUT2D eigenvalue weighted by atomic mass is 19.3. The van der Waals surface area contributed by atoms with Gasteiger partial charge in [-0.3, -0.25) is 4.79 Å². The van der Waals surface area contributed by atoms with Gasteiger partial charge in [0.2, 0.25) is 0 Å². The number of hydrogen-bond acceptors (Lipinski definition) is 4. The van der Waals surface area contributed by atoms with Gasteiger partial charge in [0.1, 0.15) is 0 Å². The molecule has 0 fully saturated rings. The molecule has 0 amide bonds. The Balaban J connectivity index is 2.65. The summed E-state index contributed by atoms with van der Waals surface area (Å²) in [4.78, 5) is 24.5. The van der Waals surface area contributed by atoms with Crippen molar-refractivity contribution in [1.29, 1.82) is 0 Å². The van der Waals surface area contributed by atoms with Crippen LogP contribution in [0, 0.1) is 0 Å². The monoisotopic (exact) mass is 285 g/mol. The van der Waals surface area contributed by atoms with Crippen LogP contribution in [0.4, 0.5) is 14.5 Å². The fourth-order valence-corrected chi connectivity index (χ4v) is 1.61. The summed E-state index contributed by atoms with van der Waals surface area (Å²) in [6.45, 7) is 0. The van der Waals surface area contributed by atoms with E-state index in [0.29, 0.717) is 5.56 Å². The first-order chi connectivity index (χ1) is 9.27. The molecule has 1 aromatic carbocycles. The summed E-state index contributed by atoms with van der Waals surface area (Å²) in [5, 5.41) is 0. The molecule has 20 heavy (non-hydrogen) atoms. The van der Waals surface area contributed by atoms with Gasteiger partial charge in [0.15, 0.2) is 5.78 Å². The second-order valence-electron chi connectivity index (χ2n) is 4.56. The van der Waals surface area contributed by atoms with Crippen LogP contribution in [0.25, 0.3) is 0 Å². The van der Waals surface area contributed by atoms with Gasteiger partial charge in [0.05, 0.1) is 7.11 Å². The molecule has 0 aromatic heterocycles. The van der Waals surface area contributed by atoms with Gasteiger partial charge in [-0.05, 0) is 24.3 Å². The summed E-state index contributed by atoms with van der Waals surface area (Å²) in [5.74, 6) is -5.68. The van der Waals surface area contributed by atoms with E-state index in [4.69, 9.17) is 0 Å². The molecule has 0 unspecified atom stereocenters. The number of alkyl halides is 2. The molecule has 0 saturated carbocycles. The molecule has 0 aliphatic carbocycles. The summed E-state index contributed by atoms with van der Waals surface area (Å²) in [6.07, 6.45) is -1.27. The number of Topliss-reactive ketones (excluding diaryl/α,β-unsaturated/α-hetero) is 1. The first-order valence-electron chi connectivity index (χ1n) is 6.05. The quantitative estimate of drug-likeness (QED) is 0.595. The highest BCUT2D eigenvalue weighted by molar-refractivity contribution is 5.96. The highest BCUT2D eigenvalue weighted by Crippen LogP contribution is 2.23. The van der Waals surface area contributed by atoms with E-state index in [0.717, 1.165) is 12.8 Å². The molecule has 1 rings (SSSR count). The molecule has 6 heteroatoms. The van der Waals surface area contributed by atoms with Gasteiger partial charge in [-0.2, -0.15) is 8.78 Å². The first-order valence-corrected chi connectivity index (χ1v) is 6.05. The Morgan fingerprint density at radius 2 is 1.75 bits per heavy atom. The Bertz CT molecular complexity index is 484. The lowest BCUT2D eigenvalue weighted by molar-refractivity contribution is -0.169. The average molecular weight is 285 g/mol. The lowest BCUT2D eigenvalue weighted by Crippen LogP contribution is -2.30. The fraction of sp³-hybridized carbons (Fsp3) is 0.429. The molecule has 0 bridgehead atoms. The van der Waals surface area contributed by atoms with Crippen LogP contribution >= 0.6 is 0 Å². The zero-order valence-electron chi connectivity index (χ0n) is 11.7. The summed E-state index contributed by atoms with van der Waals surface area (Å²) in [6, 6.07) is 6.61. The third-order valence-electron chi connectivity index (χ3n) is 2.86. The SMILES string of the molecule is COC(=O)C(F)(F)CCC(=O)c1ccc(N(C)C)cc1. The second-order valence-corrected chi connectivity index (χ2v) is 4.56. The molecule has 0 N–H and O–H groups in total. The molecule has 0 aliphatic heterocycles. The highest BCUT2D eigenvalue weighted by Gasteiger charge is 2.40. The molecule has 0 radical (unpaired) electrons. The number of nitrogens with zero attached hydrogens (tertiary/aromatic N) is 1. The molecule has 0 atom stereocenters. The number of methoxy groups -OCH3 is 1. The summed E-state index contributed by atoms with van der Waals surface area (Å²) >= 11 is 0. The van der Waals surface area contributed by atoms with Crippen LogP contribution in [-0.2, 0) is 9.53 Å².